The highest BCUT2D eigenvalue weighted by Gasteiger charge is 2.58. The molecule has 2 aromatic carbocycles. The highest BCUT2D eigenvalue weighted by Crippen LogP contribution is 2.59. The molecular formula is C27H32N4O. The van der Waals surface area contributed by atoms with Gasteiger partial charge in [-0.1, -0.05) is 48.5 Å². The van der Waals surface area contributed by atoms with Crippen molar-refractivity contribution in [2.24, 2.45) is 11.3 Å². The van der Waals surface area contributed by atoms with Gasteiger partial charge in [0.1, 0.15) is 0 Å². The van der Waals surface area contributed by atoms with Gasteiger partial charge >= 0.3 is 0 Å². The fourth-order valence-corrected chi connectivity index (χ4v) is 5.12. The molecule has 0 radical (unpaired) electrons. The van der Waals surface area contributed by atoms with Gasteiger partial charge in [0.2, 0.25) is 5.91 Å². The summed E-state index contributed by atoms with van der Waals surface area (Å²) in [6, 6.07) is 20.7. The lowest BCUT2D eigenvalue weighted by atomic mass is 9.90. The molecule has 166 valence electrons. The van der Waals surface area contributed by atoms with Crippen LogP contribution in [-0.2, 0) is 17.8 Å². The van der Waals surface area contributed by atoms with Crippen molar-refractivity contribution in [1.29, 1.82) is 0 Å². The number of rotatable bonds is 8. The van der Waals surface area contributed by atoms with E-state index in [0.717, 1.165) is 64.0 Å². The Morgan fingerprint density at radius 3 is 2.47 bits per heavy atom. The number of benzene rings is 2. The number of aryl methyl sites for hydroxylation is 1. The Balaban J connectivity index is 1.04. The quantitative estimate of drug-likeness (QED) is 0.547. The summed E-state index contributed by atoms with van der Waals surface area (Å²) in [6.07, 6.45) is 9.44. The molecule has 5 heteroatoms. The van der Waals surface area contributed by atoms with E-state index in [2.05, 4.69) is 57.9 Å². The number of likely N-dealkylation sites (tertiary alicyclic amines) is 1. The summed E-state index contributed by atoms with van der Waals surface area (Å²) in [5, 5.41) is 7.71. The predicted octanol–water partition coefficient (Wildman–Crippen LogP) is 4.22. The van der Waals surface area contributed by atoms with Crippen LogP contribution < -0.4 is 5.32 Å². The van der Waals surface area contributed by atoms with Gasteiger partial charge in [0.25, 0.3) is 0 Å². The van der Waals surface area contributed by atoms with Crippen LogP contribution in [0.4, 0.5) is 0 Å². The number of aromatic nitrogens is 2. The Kier molecular flexibility index (Phi) is 6.08. The summed E-state index contributed by atoms with van der Waals surface area (Å²) < 4.78 is 1.94. The lowest BCUT2D eigenvalue weighted by molar-refractivity contribution is -0.123. The minimum Gasteiger partial charge on any atom is -0.356 e. The molecule has 1 aliphatic heterocycles. The minimum absolute atomic E-state index is 0.224. The molecule has 1 N–H and O–H groups in total. The number of hydrogen-bond donors (Lipinski definition) is 1. The maximum absolute atomic E-state index is 12.7. The smallest absolute Gasteiger partial charge is 0.223 e. The highest BCUT2D eigenvalue weighted by molar-refractivity contribution is 5.82. The molecule has 32 heavy (non-hydrogen) atoms. The average Bonchev–Trinajstić information content (AvgIpc) is 3.34. The first-order valence-electron chi connectivity index (χ1n) is 11.8. The maximum Gasteiger partial charge on any atom is 0.223 e. The van der Waals surface area contributed by atoms with Crippen LogP contribution in [0.1, 0.15) is 36.8 Å². The summed E-state index contributed by atoms with van der Waals surface area (Å²) in [5.41, 5.74) is 3.93. The zero-order valence-corrected chi connectivity index (χ0v) is 18.6. The third kappa shape index (κ3) is 4.78. The molecular weight excluding hydrogens is 396 g/mol. The summed E-state index contributed by atoms with van der Waals surface area (Å²) in [5.74, 6) is 0.498. The molecule has 3 aromatic rings. The van der Waals surface area contributed by atoms with Crippen molar-refractivity contribution >= 4 is 5.91 Å². The SMILES string of the molecule is O=C(NCCCc1ccccc1)C1CC12CCN(Cc1cnn(-c3ccccc3)c1)CC2. The van der Waals surface area contributed by atoms with Gasteiger partial charge in [-0.15, -0.1) is 0 Å². The topological polar surface area (TPSA) is 50.2 Å². The maximum atomic E-state index is 12.7. The average molecular weight is 429 g/mol. The van der Waals surface area contributed by atoms with E-state index in [1.807, 2.05) is 35.1 Å². The fraction of sp³-hybridized carbons (Fsp3) is 0.407. The number of para-hydroxylation sites is 1. The van der Waals surface area contributed by atoms with Gasteiger partial charge in [-0.2, -0.15) is 5.10 Å². The van der Waals surface area contributed by atoms with Crippen LogP contribution in [0.25, 0.3) is 5.69 Å². The Hall–Kier alpha value is -2.92. The van der Waals surface area contributed by atoms with Crippen LogP contribution in [0.5, 0.6) is 0 Å². The number of carbonyl (C=O) groups excluding carboxylic acids is 1. The van der Waals surface area contributed by atoms with Crippen LogP contribution in [0, 0.1) is 11.3 Å². The second kappa shape index (κ2) is 9.29. The van der Waals surface area contributed by atoms with Gasteiger partial charge in [-0.3, -0.25) is 9.69 Å². The number of hydrogen-bond acceptors (Lipinski definition) is 3. The molecule has 2 fully saturated rings. The van der Waals surface area contributed by atoms with Crippen molar-refractivity contribution in [2.75, 3.05) is 19.6 Å². The van der Waals surface area contributed by atoms with E-state index >= 15 is 0 Å². The van der Waals surface area contributed by atoms with Crippen LogP contribution in [0.15, 0.2) is 73.1 Å². The predicted molar refractivity (Wildman–Crippen MR) is 126 cm³/mol. The van der Waals surface area contributed by atoms with Crippen molar-refractivity contribution in [1.82, 2.24) is 20.0 Å². The van der Waals surface area contributed by atoms with Crippen LogP contribution in [-0.4, -0.2) is 40.2 Å². The van der Waals surface area contributed by atoms with Gasteiger partial charge in [0.05, 0.1) is 11.9 Å². The van der Waals surface area contributed by atoms with Crippen molar-refractivity contribution in [3.63, 3.8) is 0 Å². The molecule has 1 atom stereocenters. The van der Waals surface area contributed by atoms with E-state index in [-0.39, 0.29) is 17.2 Å². The van der Waals surface area contributed by atoms with Gasteiger partial charge < -0.3 is 5.32 Å². The first kappa shape index (κ1) is 21.0. The normalized spacial score (nSPS) is 19.7. The van der Waals surface area contributed by atoms with Crippen LogP contribution >= 0.6 is 0 Å². The molecule has 1 saturated heterocycles. The third-order valence-electron chi connectivity index (χ3n) is 7.21. The summed E-state index contributed by atoms with van der Waals surface area (Å²) in [7, 11) is 0. The molecule has 0 bridgehead atoms. The number of amides is 1. The van der Waals surface area contributed by atoms with Gasteiger partial charge in [-0.25, -0.2) is 4.68 Å². The van der Waals surface area contributed by atoms with Gasteiger partial charge in [-0.05, 0) is 68.3 Å². The fourth-order valence-electron chi connectivity index (χ4n) is 5.12. The molecule has 2 aliphatic rings. The van der Waals surface area contributed by atoms with E-state index in [0.29, 0.717) is 0 Å². The van der Waals surface area contributed by atoms with E-state index < -0.39 is 0 Å². The summed E-state index contributed by atoms with van der Waals surface area (Å²) in [4.78, 5) is 15.2. The lowest BCUT2D eigenvalue weighted by Crippen LogP contribution is -2.36. The van der Waals surface area contributed by atoms with E-state index in [1.165, 1.54) is 11.1 Å². The van der Waals surface area contributed by atoms with E-state index in [4.69, 9.17) is 0 Å². The number of carbonyl (C=O) groups is 1. The molecule has 5 rings (SSSR count). The third-order valence-corrected chi connectivity index (χ3v) is 7.21. The summed E-state index contributed by atoms with van der Waals surface area (Å²) >= 11 is 0. The highest BCUT2D eigenvalue weighted by atomic mass is 16.2. The zero-order valence-electron chi connectivity index (χ0n) is 18.6. The first-order valence-corrected chi connectivity index (χ1v) is 11.8. The molecule has 1 aliphatic carbocycles. The van der Waals surface area contributed by atoms with E-state index in [1.54, 1.807) is 0 Å². The standard InChI is InChI=1S/C27H32N4O/c32-26(28-15-7-10-22-8-3-1-4-9-22)25-18-27(25)13-16-30(17-14-27)20-23-19-29-31(21-23)24-11-5-2-6-12-24/h1-6,8-9,11-12,19,21,25H,7,10,13-18,20H2,(H,28,32). The molecule has 1 amide bonds. The monoisotopic (exact) mass is 428 g/mol. The number of nitrogens with one attached hydrogen (secondary N) is 1. The second-order valence-corrected chi connectivity index (χ2v) is 9.40. The van der Waals surface area contributed by atoms with Crippen LogP contribution in [0.3, 0.4) is 0 Å². The van der Waals surface area contributed by atoms with Crippen LogP contribution in [0.2, 0.25) is 0 Å². The Morgan fingerprint density at radius 1 is 1.00 bits per heavy atom. The minimum atomic E-state index is 0.224. The lowest BCUT2D eigenvalue weighted by Gasteiger charge is -2.32. The Labute approximate surface area is 190 Å². The van der Waals surface area contributed by atoms with Crippen molar-refractivity contribution < 1.29 is 4.79 Å². The molecule has 2 heterocycles. The summed E-state index contributed by atoms with van der Waals surface area (Å²) in [6.45, 7) is 3.83. The number of nitrogens with zero attached hydrogens (tertiary/aromatic N) is 3. The largest absolute Gasteiger partial charge is 0.356 e. The van der Waals surface area contributed by atoms with Gasteiger partial charge in [0, 0.05) is 30.8 Å². The second-order valence-electron chi connectivity index (χ2n) is 9.40. The molecule has 1 unspecified atom stereocenters. The first-order chi connectivity index (χ1) is 15.7. The molecule has 1 aromatic heterocycles. The van der Waals surface area contributed by atoms with Gasteiger partial charge in [0.15, 0.2) is 0 Å². The van der Waals surface area contributed by atoms with E-state index in [9.17, 15) is 4.79 Å². The molecule has 1 spiro atoms. The Morgan fingerprint density at radius 2 is 1.72 bits per heavy atom. The Bertz CT molecular complexity index is 1020. The van der Waals surface area contributed by atoms with Crippen molar-refractivity contribution in [2.45, 2.75) is 38.6 Å². The molecule has 5 nitrogen and oxygen atoms in total. The van der Waals surface area contributed by atoms with Crippen molar-refractivity contribution in [3.8, 4) is 5.69 Å². The van der Waals surface area contributed by atoms with Crippen molar-refractivity contribution in [3.05, 3.63) is 84.2 Å². The molecule has 1 saturated carbocycles. The number of piperidine rings is 1. The zero-order chi connectivity index (χ0) is 21.8.